The Morgan fingerprint density at radius 3 is 3.00 bits per heavy atom. The summed E-state index contributed by atoms with van der Waals surface area (Å²) in [6.45, 7) is 0. The maximum absolute atomic E-state index is 4.18. The summed E-state index contributed by atoms with van der Waals surface area (Å²) in [5, 5.41) is 3.32. The molecule has 2 nitrogen and oxygen atoms in total. The Balaban J connectivity index is 2.10. The third kappa shape index (κ3) is 1.93. The van der Waals surface area contributed by atoms with E-state index in [1.807, 2.05) is 12.1 Å². The predicted octanol–water partition coefficient (Wildman–Crippen LogP) is 2.42. The van der Waals surface area contributed by atoms with Crippen molar-refractivity contribution < 1.29 is 0 Å². The number of hydrogen-bond donors (Lipinski definition) is 1. The smallest absolute Gasteiger partial charge is 0.127 e. The van der Waals surface area contributed by atoms with E-state index in [1.54, 1.807) is 6.20 Å². The zero-order chi connectivity index (χ0) is 7.68. The molecule has 1 aliphatic carbocycles. The molecule has 1 heterocycles. The van der Waals surface area contributed by atoms with Crippen molar-refractivity contribution in [3.05, 3.63) is 22.8 Å². The standard InChI is InChI=1S/C8H9BrN2/c9-6-3-4-10-8(5-6)11-7-1-2-7/h3-5,7H,1-2H2,(H,10,11). The van der Waals surface area contributed by atoms with Crippen molar-refractivity contribution in [3.8, 4) is 0 Å². The molecule has 0 amide bonds. The van der Waals surface area contributed by atoms with Gasteiger partial charge < -0.3 is 5.32 Å². The molecule has 0 bridgehead atoms. The average Bonchev–Trinajstić information content (AvgIpc) is 2.71. The Hall–Kier alpha value is -0.570. The Kier molecular flexibility index (Phi) is 1.82. The normalized spacial score (nSPS) is 16.5. The molecule has 1 N–H and O–H groups in total. The summed E-state index contributed by atoms with van der Waals surface area (Å²) in [6.07, 6.45) is 4.37. The molecule has 0 spiro atoms. The van der Waals surface area contributed by atoms with E-state index >= 15 is 0 Å². The fraction of sp³-hybridized carbons (Fsp3) is 0.375. The highest BCUT2D eigenvalue weighted by Gasteiger charge is 2.20. The number of rotatable bonds is 2. The van der Waals surface area contributed by atoms with Crippen LogP contribution in [0.15, 0.2) is 22.8 Å². The molecule has 1 aromatic heterocycles. The minimum absolute atomic E-state index is 0.678. The van der Waals surface area contributed by atoms with Crippen LogP contribution in [0.3, 0.4) is 0 Å². The first-order valence-electron chi connectivity index (χ1n) is 3.73. The second kappa shape index (κ2) is 2.81. The van der Waals surface area contributed by atoms with E-state index in [4.69, 9.17) is 0 Å². The van der Waals surface area contributed by atoms with Crippen LogP contribution in [0.5, 0.6) is 0 Å². The van der Waals surface area contributed by atoms with Crippen molar-refractivity contribution in [3.63, 3.8) is 0 Å². The van der Waals surface area contributed by atoms with Gasteiger partial charge in [0, 0.05) is 16.7 Å². The fourth-order valence-corrected chi connectivity index (χ4v) is 1.26. The highest BCUT2D eigenvalue weighted by atomic mass is 79.9. The van der Waals surface area contributed by atoms with Gasteiger partial charge in [0.05, 0.1) is 0 Å². The Morgan fingerprint density at radius 1 is 1.55 bits per heavy atom. The summed E-state index contributed by atoms with van der Waals surface area (Å²) < 4.78 is 1.08. The average molecular weight is 213 g/mol. The summed E-state index contributed by atoms with van der Waals surface area (Å²) >= 11 is 3.39. The molecule has 1 aliphatic rings. The minimum atomic E-state index is 0.678. The van der Waals surface area contributed by atoms with Crippen molar-refractivity contribution in [2.24, 2.45) is 0 Å². The first-order valence-corrected chi connectivity index (χ1v) is 4.52. The third-order valence-corrected chi connectivity index (χ3v) is 2.14. The van der Waals surface area contributed by atoms with Gasteiger partial charge in [-0.15, -0.1) is 0 Å². The second-order valence-electron chi connectivity index (χ2n) is 2.78. The molecule has 1 saturated carbocycles. The lowest BCUT2D eigenvalue weighted by Gasteiger charge is -2.01. The highest BCUT2D eigenvalue weighted by molar-refractivity contribution is 9.10. The first-order chi connectivity index (χ1) is 5.34. The van der Waals surface area contributed by atoms with E-state index in [2.05, 4.69) is 26.2 Å². The summed E-state index contributed by atoms with van der Waals surface area (Å²) in [6, 6.07) is 4.60. The number of aromatic nitrogens is 1. The number of hydrogen-bond acceptors (Lipinski definition) is 2. The van der Waals surface area contributed by atoms with E-state index in [9.17, 15) is 0 Å². The van der Waals surface area contributed by atoms with E-state index in [0.29, 0.717) is 6.04 Å². The van der Waals surface area contributed by atoms with Crippen LogP contribution >= 0.6 is 15.9 Å². The minimum Gasteiger partial charge on any atom is -0.367 e. The van der Waals surface area contributed by atoms with Gasteiger partial charge in [-0.05, 0) is 25.0 Å². The van der Waals surface area contributed by atoms with Crippen molar-refractivity contribution >= 4 is 21.7 Å². The predicted molar refractivity (Wildman–Crippen MR) is 48.6 cm³/mol. The van der Waals surface area contributed by atoms with Gasteiger partial charge in [-0.25, -0.2) is 4.98 Å². The number of halogens is 1. The zero-order valence-electron chi connectivity index (χ0n) is 6.05. The molecule has 3 heteroatoms. The topological polar surface area (TPSA) is 24.9 Å². The van der Waals surface area contributed by atoms with Gasteiger partial charge in [-0.2, -0.15) is 0 Å². The van der Waals surface area contributed by atoms with Gasteiger partial charge in [0.2, 0.25) is 0 Å². The molecule has 0 radical (unpaired) electrons. The SMILES string of the molecule is Brc1ccnc(NC2CC2)c1. The van der Waals surface area contributed by atoms with Gasteiger partial charge in [0.25, 0.3) is 0 Å². The molecule has 0 aliphatic heterocycles. The van der Waals surface area contributed by atoms with Crippen LogP contribution in [0.2, 0.25) is 0 Å². The van der Waals surface area contributed by atoms with Crippen molar-refractivity contribution in [2.45, 2.75) is 18.9 Å². The monoisotopic (exact) mass is 212 g/mol. The lowest BCUT2D eigenvalue weighted by molar-refractivity contribution is 1.11. The number of nitrogens with one attached hydrogen (secondary N) is 1. The lowest BCUT2D eigenvalue weighted by atomic mass is 10.4. The van der Waals surface area contributed by atoms with Crippen LogP contribution in [-0.4, -0.2) is 11.0 Å². The third-order valence-electron chi connectivity index (χ3n) is 1.65. The van der Waals surface area contributed by atoms with E-state index in [1.165, 1.54) is 12.8 Å². The summed E-state index contributed by atoms with van der Waals surface area (Å²) in [5.41, 5.74) is 0. The molecule has 0 unspecified atom stereocenters. The molecule has 0 saturated heterocycles. The summed E-state index contributed by atoms with van der Waals surface area (Å²) in [4.78, 5) is 4.18. The highest BCUT2D eigenvalue weighted by Crippen LogP contribution is 2.24. The maximum atomic E-state index is 4.18. The van der Waals surface area contributed by atoms with Crippen molar-refractivity contribution in [1.29, 1.82) is 0 Å². The second-order valence-corrected chi connectivity index (χ2v) is 3.69. The van der Waals surface area contributed by atoms with Gasteiger partial charge >= 0.3 is 0 Å². The number of nitrogens with zero attached hydrogens (tertiary/aromatic N) is 1. The van der Waals surface area contributed by atoms with Crippen molar-refractivity contribution in [2.75, 3.05) is 5.32 Å². The molecular formula is C8H9BrN2. The van der Waals surface area contributed by atoms with Gasteiger partial charge in [-0.3, -0.25) is 0 Å². The van der Waals surface area contributed by atoms with Gasteiger partial charge in [0.1, 0.15) is 5.82 Å². The van der Waals surface area contributed by atoms with Crippen LogP contribution in [0.25, 0.3) is 0 Å². The molecule has 58 valence electrons. The molecule has 11 heavy (non-hydrogen) atoms. The van der Waals surface area contributed by atoms with Crippen LogP contribution < -0.4 is 5.32 Å². The zero-order valence-corrected chi connectivity index (χ0v) is 7.63. The van der Waals surface area contributed by atoms with E-state index in [0.717, 1.165) is 10.3 Å². The Morgan fingerprint density at radius 2 is 2.36 bits per heavy atom. The largest absolute Gasteiger partial charge is 0.367 e. The van der Waals surface area contributed by atoms with Gasteiger partial charge in [0.15, 0.2) is 0 Å². The van der Waals surface area contributed by atoms with Crippen LogP contribution in [0, 0.1) is 0 Å². The number of pyridine rings is 1. The fourth-order valence-electron chi connectivity index (χ4n) is 0.921. The molecule has 0 atom stereocenters. The Labute approximate surface area is 74.2 Å². The molecule has 1 fully saturated rings. The summed E-state index contributed by atoms with van der Waals surface area (Å²) in [5.74, 6) is 0.974. The Bertz CT molecular complexity index is 258. The van der Waals surface area contributed by atoms with E-state index in [-0.39, 0.29) is 0 Å². The summed E-state index contributed by atoms with van der Waals surface area (Å²) in [7, 11) is 0. The van der Waals surface area contributed by atoms with E-state index < -0.39 is 0 Å². The molecule has 0 aromatic carbocycles. The van der Waals surface area contributed by atoms with Crippen LogP contribution in [0.4, 0.5) is 5.82 Å². The van der Waals surface area contributed by atoms with Gasteiger partial charge in [-0.1, -0.05) is 15.9 Å². The molecular weight excluding hydrogens is 204 g/mol. The van der Waals surface area contributed by atoms with Crippen molar-refractivity contribution in [1.82, 2.24) is 4.98 Å². The first kappa shape index (κ1) is 7.10. The maximum Gasteiger partial charge on any atom is 0.127 e. The number of anilines is 1. The lowest BCUT2D eigenvalue weighted by Crippen LogP contribution is -2.01. The quantitative estimate of drug-likeness (QED) is 0.815. The molecule has 1 aromatic rings. The van der Waals surface area contributed by atoms with Crippen LogP contribution in [0.1, 0.15) is 12.8 Å². The van der Waals surface area contributed by atoms with Crippen LogP contribution in [-0.2, 0) is 0 Å². The molecule has 2 rings (SSSR count).